The van der Waals surface area contributed by atoms with E-state index in [1.807, 2.05) is 0 Å². The average Bonchev–Trinajstić information content (AvgIpc) is 2.37. The van der Waals surface area contributed by atoms with Crippen LogP contribution in [0.3, 0.4) is 0 Å². The van der Waals surface area contributed by atoms with Crippen molar-refractivity contribution in [1.29, 1.82) is 0 Å². The maximum Gasteiger partial charge on any atom is -0.0380 e. The molecule has 0 spiro atoms. The molecule has 1 rings (SSSR count). The molecule has 0 heteroatoms. The Morgan fingerprint density at radius 3 is 2.17 bits per heavy atom. The highest BCUT2D eigenvalue weighted by atomic mass is 14.4. The Morgan fingerprint density at radius 2 is 1.67 bits per heavy atom. The second-order valence-electron chi connectivity index (χ2n) is 7.00. The molecule has 108 valence electrons. The van der Waals surface area contributed by atoms with Crippen LogP contribution in [0.4, 0.5) is 0 Å². The minimum atomic E-state index is 0.959. The summed E-state index contributed by atoms with van der Waals surface area (Å²) < 4.78 is 0. The summed E-state index contributed by atoms with van der Waals surface area (Å²) in [7, 11) is 0. The first-order chi connectivity index (χ1) is 8.62. The highest BCUT2D eigenvalue weighted by Gasteiger charge is 2.37. The van der Waals surface area contributed by atoms with Crippen LogP contribution in [0.2, 0.25) is 0 Å². The van der Waals surface area contributed by atoms with Crippen LogP contribution in [0.5, 0.6) is 0 Å². The Hall–Kier alpha value is 0. The molecule has 0 radical (unpaired) electrons. The standard InChI is InChI=1S/C18H36/c1-6-9-14(4)10-11-17-13-18(15(17)5)12-16(7-2)8-3/h14-18H,6-13H2,1-5H3. The lowest BCUT2D eigenvalue weighted by Gasteiger charge is -2.45. The largest absolute Gasteiger partial charge is 0.0654 e. The Bertz CT molecular complexity index is 204. The SMILES string of the molecule is CCCC(C)CCC1CC(CC(CC)CC)C1C. The number of rotatable bonds is 9. The summed E-state index contributed by atoms with van der Waals surface area (Å²) in [6.07, 6.45) is 11.6. The normalized spacial score (nSPS) is 29.3. The van der Waals surface area contributed by atoms with Gasteiger partial charge in [0.2, 0.25) is 0 Å². The summed E-state index contributed by atoms with van der Waals surface area (Å²) in [5.74, 6) is 5.09. The first-order valence-corrected chi connectivity index (χ1v) is 8.62. The van der Waals surface area contributed by atoms with Crippen LogP contribution in [-0.2, 0) is 0 Å². The molecule has 1 aliphatic carbocycles. The molecule has 0 aromatic rings. The third-order valence-corrected chi connectivity index (χ3v) is 5.70. The van der Waals surface area contributed by atoms with Gasteiger partial charge in [0.05, 0.1) is 0 Å². The number of hydrogen-bond donors (Lipinski definition) is 0. The molecule has 0 nitrogen and oxygen atoms in total. The second-order valence-corrected chi connectivity index (χ2v) is 7.00. The lowest BCUT2D eigenvalue weighted by molar-refractivity contribution is 0.0526. The van der Waals surface area contributed by atoms with Gasteiger partial charge in [0.15, 0.2) is 0 Å². The van der Waals surface area contributed by atoms with E-state index in [-0.39, 0.29) is 0 Å². The Labute approximate surface area is 116 Å². The predicted octanol–water partition coefficient (Wildman–Crippen LogP) is 6.30. The molecule has 0 bridgehead atoms. The Balaban J connectivity index is 2.18. The van der Waals surface area contributed by atoms with Gasteiger partial charge in [-0.2, -0.15) is 0 Å². The molecule has 4 unspecified atom stereocenters. The summed E-state index contributed by atoms with van der Waals surface area (Å²) in [5, 5.41) is 0. The zero-order valence-corrected chi connectivity index (χ0v) is 13.5. The molecular weight excluding hydrogens is 216 g/mol. The first-order valence-electron chi connectivity index (χ1n) is 8.62. The van der Waals surface area contributed by atoms with Gasteiger partial charge in [0.1, 0.15) is 0 Å². The molecule has 18 heavy (non-hydrogen) atoms. The minimum Gasteiger partial charge on any atom is -0.0654 e. The van der Waals surface area contributed by atoms with E-state index < -0.39 is 0 Å². The molecular formula is C18H36. The minimum absolute atomic E-state index is 0.959. The molecule has 0 N–H and O–H groups in total. The monoisotopic (exact) mass is 252 g/mol. The predicted molar refractivity (Wildman–Crippen MR) is 82.8 cm³/mol. The van der Waals surface area contributed by atoms with Crippen LogP contribution < -0.4 is 0 Å². The van der Waals surface area contributed by atoms with E-state index in [2.05, 4.69) is 34.6 Å². The molecule has 0 heterocycles. The molecule has 1 fully saturated rings. The van der Waals surface area contributed by atoms with Crippen LogP contribution in [0.15, 0.2) is 0 Å². The summed E-state index contributed by atoms with van der Waals surface area (Å²) in [5.41, 5.74) is 0. The van der Waals surface area contributed by atoms with Gasteiger partial charge in [0, 0.05) is 0 Å². The highest BCUT2D eigenvalue weighted by molar-refractivity contribution is 4.87. The Morgan fingerprint density at radius 1 is 1.00 bits per heavy atom. The van der Waals surface area contributed by atoms with Gasteiger partial charge in [-0.15, -0.1) is 0 Å². The van der Waals surface area contributed by atoms with Gasteiger partial charge < -0.3 is 0 Å². The van der Waals surface area contributed by atoms with Crippen molar-refractivity contribution < 1.29 is 0 Å². The van der Waals surface area contributed by atoms with E-state index in [9.17, 15) is 0 Å². The zero-order chi connectivity index (χ0) is 13.5. The fourth-order valence-corrected chi connectivity index (χ4v) is 3.88. The van der Waals surface area contributed by atoms with Gasteiger partial charge in [0.25, 0.3) is 0 Å². The van der Waals surface area contributed by atoms with Gasteiger partial charge in [-0.25, -0.2) is 0 Å². The van der Waals surface area contributed by atoms with Crippen molar-refractivity contribution in [3.8, 4) is 0 Å². The summed E-state index contributed by atoms with van der Waals surface area (Å²) in [6.45, 7) is 12.0. The maximum atomic E-state index is 2.52. The summed E-state index contributed by atoms with van der Waals surface area (Å²) in [6, 6.07) is 0. The molecule has 0 aromatic heterocycles. The second kappa shape index (κ2) is 8.23. The molecule has 0 aromatic carbocycles. The van der Waals surface area contributed by atoms with Crippen molar-refractivity contribution in [3.63, 3.8) is 0 Å². The van der Waals surface area contributed by atoms with Crippen molar-refractivity contribution >= 4 is 0 Å². The molecule has 4 atom stereocenters. The lowest BCUT2D eigenvalue weighted by atomic mass is 9.61. The average molecular weight is 252 g/mol. The summed E-state index contributed by atoms with van der Waals surface area (Å²) >= 11 is 0. The van der Waals surface area contributed by atoms with Gasteiger partial charge in [-0.1, -0.05) is 66.7 Å². The molecule has 0 amide bonds. The van der Waals surface area contributed by atoms with E-state index in [1.165, 1.54) is 51.4 Å². The van der Waals surface area contributed by atoms with Crippen LogP contribution in [0.1, 0.15) is 86.0 Å². The molecule has 1 aliphatic rings. The van der Waals surface area contributed by atoms with Crippen molar-refractivity contribution in [1.82, 2.24) is 0 Å². The topological polar surface area (TPSA) is 0 Å². The molecule has 0 aliphatic heterocycles. The fourth-order valence-electron chi connectivity index (χ4n) is 3.88. The quantitative estimate of drug-likeness (QED) is 0.451. The molecule has 1 saturated carbocycles. The fraction of sp³-hybridized carbons (Fsp3) is 1.00. The van der Waals surface area contributed by atoms with E-state index in [1.54, 1.807) is 0 Å². The van der Waals surface area contributed by atoms with Crippen molar-refractivity contribution in [3.05, 3.63) is 0 Å². The van der Waals surface area contributed by atoms with Gasteiger partial charge in [-0.05, 0) is 48.9 Å². The van der Waals surface area contributed by atoms with E-state index >= 15 is 0 Å². The third kappa shape index (κ3) is 4.59. The summed E-state index contributed by atoms with van der Waals surface area (Å²) in [4.78, 5) is 0. The van der Waals surface area contributed by atoms with Gasteiger partial charge >= 0.3 is 0 Å². The zero-order valence-electron chi connectivity index (χ0n) is 13.5. The maximum absolute atomic E-state index is 2.52. The van der Waals surface area contributed by atoms with Crippen molar-refractivity contribution in [2.75, 3.05) is 0 Å². The van der Waals surface area contributed by atoms with Crippen LogP contribution in [-0.4, -0.2) is 0 Å². The number of hydrogen-bond acceptors (Lipinski definition) is 0. The van der Waals surface area contributed by atoms with Crippen molar-refractivity contribution in [2.45, 2.75) is 86.0 Å². The van der Waals surface area contributed by atoms with E-state index in [0.29, 0.717) is 0 Å². The van der Waals surface area contributed by atoms with Crippen LogP contribution in [0.25, 0.3) is 0 Å². The van der Waals surface area contributed by atoms with Crippen LogP contribution >= 0.6 is 0 Å². The van der Waals surface area contributed by atoms with Crippen LogP contribution in [0, 0.1) is 29.6 Å². The van der Waals surface area contributed by atoms with E-state index in [4.69, 9.17) is 0 Å². The third-order valence-electron chi connectivity index (χ3n) is 5.70. The first kappa shape index (κ1) is 16.1. The van der Waals surface area contributed by atoms with Crippen molar-refractivity contribution in [2.24, 2.45) is 29.6 Å². The smallest absolute Gasteiger partial charge is 0.0380 e. The molecule has 0 saturated heterocycles. The lowest BCUT2D eigenvalue weighted by Crippen LogP contribution is -2.36. The van der Waals surface area contributed by atoms with E-state index in [0.717, 1.165) is 29.6 Å². The van der Waals surface area contributed by atoms with Gasteiger partial charge in [-0.3, -0.25) is 0 Å². The highest BCUT2D eigenvalue weighted by Crippen LogP contribution is 2.47. The Kier molecular flexibility index (Phi) is 7.34.